The first kappa shape index (κ1) is 23.1. The van der Waals surface area contributed by atoms with Gasteiger partial charge in [0.25, 0.3) is 0 Å². The maximum absolute atomic E-state index is 13.3. The first-order valence-electron chi connectivity index (χ1n) is 7.83. The fraction of sp³-hybridized carbons (Fsp3) is 0.600. The lowest BCUT2D eigenvalue weighted by Crippen LogP contribution is -2.57. The second kappa shape index (κ2) is 9.86. The van der Waals surface area contributed by atoms with Crippen molar-refractivity contribution in [2.24, 2.45) is 0 Å². The molecule has 0 amide bonds. The second-order valence-electron chi connectivity index (χ2n) is 5.78. The minimum Gasteiger partial charge on any atom is -0.380 e. The third-order valence-corrected chi connectivity index (χ3v) is 5.38. The van der Waals surface area contributed by atoms with Crippen LogP contribution in [-0.2, 0) is 21.4 Å². The number of alkyl halides is 3. The lowest BCUT2D eigenvalue weighted by Gasteiger charge is -2.35. The largest absolute Gasteiger partial charge is 0.405 e. The van der Waals surface area contributed by atoms with Crippen molar-refractivity contribution in [2.45, 2.75) is 23.7 Å². The van der Waals surface area contributed by atoms with Gasteiger partial charge in [0, 0.05) is 39.8 Å². The highest BCUT2D eigenvalue weighted by Gasteiger charge is 2.44. The van der Waals surface area contributed by atoms with Crippen molar-refractivity contribution >= 4 is 22.4 Å². The highest BCUT2D eigenvalue weighted by molar-refractivity contribution is 7.89. The van der Waals surface area contributed by atoms with Crippen molar-refractivity contribution in [1.29, 1.82) is 0 Å². The van der Waals surface area contributed by atoms with E-state index in [1.54, 1.807) is 6.07 Å². The van der Waals surface area contributed by atoms with E-state index in [9.17, 15) is 21.6 Å². The maximum atomic E-state index is 13.3. The number of sulfonamides is 1. The van der Waals surface area contributed by atoms with E-state index in [0.717, 1.165) is 0 Å². The molecule has 0 aromatic heterocycles. The summed E-state index contributed by atoms with van der Waals surface area (Å²) in [6.45, 7) is 0.816. The Balaban J connectivity index is 0.00000338. The van der Waals surface area contributed by atoms with Gasteiger partial charge >= 0.3 is 6.18 Å². The van der Waals surface area contributed by atoms with Crippen molar-refractivity contribution in [3.63, 3.8) is 0 Å². The van der Waals surface area contributed by atoms with E-state index in [-0.39, 0.29) is 37.0 Å². The maximum Gasteiger partial charge on any atom is 0.405 e. The molecule has 1 aromatic rings. The van der Waals surface area contributed by atoms with Gasteiger partial charge in [0.15, 0.2) is 0 Å². The summed E-state index contributed by atoms with van der Waals surface area (Å²) in [6.07, 6.45) is -4.52. The predicted molar refractivity (Wildman–Crippen MR) is 93.9 cm³/mol. The molecule has 0 bridgehead atoms. The molecule has 1 fully saturated rings. The number of hydrogen-bond donors (Lipinski definition) is 2. The molecule has 1 saturated heterocycles. The Labute approximate surface area is 157 Å². The van der Waals surface area contributed by atoms with Crippen LogP contribution in [0.3, 0.4) is 0 Å². The quantitative estimate of drug-likeness (QED) is 0.701. The van der Waals surface area contributed by atoms with Crippen LogP contribution in [0.15, 0.2) is 29.2 Å². The first-order valence-corrected chi connectivity index (χ1v) is 9.31. The molecule has 0 aliphatic carbocycles. The Kier molecular flexibility index (Phi) is 8.77. The van der Waals surface area contributed by atoms with Gasteiger partial charge in [-0.1, -0.05) is 12.1 Å². The zero-order valence-corrected chi connectivity index (χ0v) is 15.9. The topological polar surface area (TPSA) is 70.7 Å². The molecule has 1 aromatic carbocycles. The van der Waals surface area contributed by atoms with Crippen molar-refractivity contribution in [3.05, 3.63) is 29.8 Å². The van der Waals surface area contributed by atoms with E-state index in [1.165, 1.54) is 30.2 Å². The number of rotatable bonds is 7. The summed E-state index contributed by atoms with van der Waals surface area (Å²) in [5.41, 5.74) is 0.625. The van der Waals surface area contributed by atoms with Gasteiger partial charge in [-0.2, -0.15) is 13.2 Å². The molecular weight excluding hydrogens is 395 g/mol. The predicted octanol–water partition coefficient (Wildman–Crippen LogP) is 1.37. The molecular formula is C15H23ClF3N3O3S. The first-order chi connectivity index (χ1) is 11.7. The van der Waals surface area contributed by atoms with Gasteiger partial charge < -0.3 is 10.1 Å². The number of benzene rings is 1. The summed E-state index contributed by atoms with van der Waals surface area (Å²) in [5, 5.41) is 2.98. The SMILES string of the molecule is COCc1cccc(S(=O)(=O)NCC(N2CCNCC2)C(F)(F)F)c1.Cl. The highest BCUT2D eigenvalue weighted by Crippen LogP contribution is 2.25. The van der Waals surface area contributed by atoms with Crippen molar-refractivity contribution in [3.8, 4) is 0 Å². The van der Waals surface area contributed by atoms with Crippen molar-refractivity contribution in [2.75, 3.05) is 39.8 Å². The average Bonchev–Trinajstić information content (AvgIpc) is 2.55. The zero-order chi connectivity index (χ0) is 18.5. The fourth-order valence-electron chi connectivity index (χ4n) is 2.69. The normalized spacial score (nSPS) is 17.5. The van der Waals surface area contributed by atoms with Crippen LogP contribution in [-0.4, -0.2) is 65.4 Å². The van der Waals surface area contributed by atoms with Gasteiger partial charge in [-0.15, -0.1) is 12.4 Å². The minimum atomic E-state index is -4.52. The van der Waals surface area contributed by atoms with E-state index in [4.69, 9.17) is 4.74 Å². The summed E-state index contributed by atoms with van der Waals surface area (Å²) in [7, 11) is -2.57. The third-order valence-electron chi connectivity index (χ3n) is 3.96. The smallest absolute Gasteiger partial charge is 0.380 e. The van der Waals surface area contributed by atoms with E-state index in [1.807, 2.05) is 0 Å². The van der Waals surface area contributed by atoms with Gasteiger partial charge in [-0.05, 0) is 17.7 Å². The van der Waals surface area contributed by atoms with Crippen molar-refractivity contribution in [1.82, 2.24) is 14.9 Å². The highest BCUT2D eigenvalue weighted by atomic mass is 35.5. The van der Waals surface area contributed by atoms with Crippen LogP contribution in [0, 0.1) is 0 Å². The molecule has 1 aliphatic heterocycles. The lowest BCUT2D eigenvalue weighted by atomic mass is 10.2. The number of piperazine rings is 1. The number of halogens is 4. The number of methoxy groups -OCH3 is 1. The monoisotopic (exact) mass is 417 g/mol. The van der Waals surface area contributed by atoms with E-state index in [2.05, 4.69) is 10.0 Å². The van der Waals surface area contributed by atoms with Gasteiger partial charge in [0.1, 0.15) is 6.04 Å². The molecule has 11 heteroatoms. The molecule has 1 heterocycles. The Morgan fingerprint density at radius 2 is 1.96 bits per heavy atom. The van der Waals surface area contributed by atoms with Gasteiger partial charge in [0.05, 0.1) is 11.5 Å². The Hall–Kier alpha value is -0.910. The zero-order valence-electron chi connectivity index (χ0n) is 14.3. The Morgan fingerprint density at radius 3 is 2.54 bits per heavy atom. The second-order valence-corrected chi connectivity index (χ2v) is 7.54. The summed E-state index contributed by atoms with van der Waals surface area (Å²) < 4.78 is 71.7. The number of nitrogens with one attached hydrogen (secondary N) is 2. The number of nitrogens with zero attached hydrogens (tertiary/aromatic N) is 1. The summed E-state index contributed by atoms with van der Waals surface area (Å²) in [5.74, 6) is 0. The van der Waals surface area contributed by atoms with Crippen LogP contribution < -0.4 is 10.0 Å². The van der Waals surface area contributed by atoms with Crippen LogP contribution in [0.25, 0.3) is 0 Å². The molecule has 1 atom stereocenters. The number of hydrogen-bond acceptors (Lipinski definition) is 5. The molecule has 150 valence electrons. The molecule has 1 unspecified atom stereocenters. The van der Waals surface area contributed by atoms with Gasteiger partial charge in [0.2, 0.25) is 10.0 Å². The molecule has 26 heavy (non-hydrogen) atoms. The van der Waals surface area contributed by atoms with Crippen LogP contribution >= 0.6 is 12.4 Å². The molecule has 2 N–H and O–H groups in total. The van der Waals surface area contributed by atoms with E-state index < -0.39 is 28.8 Å². The standard InChI is InChI=1S/C15H22F3N3O3S.ClH/c1-24-11-12-3-2-4-13(9-12)25(22,23)20-10-14(15(16,17)18)21-7-5-19-6-8-21;/h2-4,9,14,19-20H,5-8,10-11H2,1H3;1H. The van der Waals surface area contributed by atoms with Crippen LogP contribution in [0.2, 0.25) is 0 Å². The van der Waals surface area contributed by atoms with E-state index >= 15 is 0 Å². The molecule has 1 aliphatic rings. The fourth-order valence-corrected chi connectivity index (χ4v) is 3.79. The van der Waals surface area contributed by atoms with Crippen LogP contribution in [0.5, 0.6) is 0 Å². The molecule has 0 radical (unpaired) electrons. The Bertz CT molecular complexity index is 668. The summed E-state index contributed by atoms with van der Waals surface area (Å²) in [6, 6.07) is 4.09. The van der Waals surface area contributed by atoms with E-state index in [0.29, 0.717) is 18.7 Å². The molecule has 6 nitrogen and oxygen atoms in total. The van der Waals surface area contributed by atoms with Gasteiger partial charge in [-0.25, -0.2) is 13.1 Å². The van der Waals surface area contributed by atoms with Crippen LogP contribution in [0.1, 0.15) is 5.56 Å². The number of ether oxygens (including phenoxy) is 1. The average molecular weight is 418 g/mol. The summed E-state index contributed by atoms with van der Waals surface area (Å²) >= 11 is 0. The third kappa shape index (κ3) is 6.36. The molecule has 0 saturated carbocycles. The molecule has 2 rings (SSSR count). The van der Waals surface area contributed by atoms with Gasteiger partial charge in [-0.3, -0.25) is 4.90 Å². The lowest BCUT2D eigenvalue weighted by molar-refractivity contribution is -0.182. The van der Waals surface area contributed by atoms with Crippen molar-refractivity contribution < 1.29 is 26.3 Å². The summed E-state index contributed by atoms with van der Waals surface area (Å²) in [4.78, 5) is 1.17. The minimum absolute atomic E-state index is 0. The Morgan fingerprint density at radius 1 is 1.31 bits per heavy atom. The molecule has 0 spiro atoms. The van der Waals surface area contributed by atoms with Crippen LogP contribution in [0.4, 0.5) is 13.2 Å².